The van der Waals surface area contributed by atoms with Gasteiger partial charge in [-0.2, -0.15) is 0 Å². The van der Waals surface area contributed by atoms with E-state index in [0.29, 0.717) is 39.3 Å². The molecule has 6 nitrogen and oxygen atoms in total. The van der Waals surface area contributed by atoms with Crippen LogP contribution in [-0.4, -0.2) is 37.6 Å². The standard InChI is InChI=1S/C20H22N4O2S2/c1-3-5-7-12-24-19(26)15(28-20(24)27)13-14-17(21-10-4-2)22-16-9-6-8-11-23(16)18(14)25/h4,6,8-9,11,13,21H,2-3,5,7,10,12H2,1H3. The molecule has 0 atom stereocenters. The molecule has 3 heterocycles. The van der Waals surface area contributed by atoms with Crippen molar-refractivity contribution in [1.82, 2.24) is 14.3 Å². The van der Waals surface area contributed by atoms with Crippen LogP contribution in [0.3, 0.4) is 0 Å². The lowest BCUT2D eigenvalue weighted by Crippen LogP contribution is -2.29. The molecule has 8 heteroatoms. The minimum Gasteiger partial charge on any atom is -0.366 e. The van der Waals surface area contributed by atoms with Gasteiger partial charge in [0, 0.05) is 19.3 Å². The van der Waals surface area contributed by atoms with Crippen molar-refractivity contribution in [2.75, 3.05) is 18.4 Å². The van der Waals surface area contributed by atoms with Crippen molar-refractivity contribution in [3.05, 3.63) is 57.9 Å². The Morgan fingerprint density at radius 1 is 1.32 bits per heavy atom. The van der Waals surface area contributed by atoms with Gasteiger partial charge in [0.15, 0.2) is 0 Å². The zero-order valence-corrected chi connectivity index (χ0v) is 17.3. The third kappa shape index (κ3) is 4.18. The number of thiocarbonyl (C=S) groups is 1. The van der Waals surface area contributed by atoms with Crippen LogP contribution in [0.4, 0.5) is 5.82 Å². The lowest BCUT2D eigenvalue weighted by molar-refractivity contribution is -0.122. The van der Waals surface area contributed by atoms with Gasteiger partial charge in [0.25, 0.3) is 11.5 Å². The third-order valence-electron chi connectivity index (χ3n) is 4.32. The summed E-state index contributed by atoms with van der Waals surface area (Å²) in [6.07, 6.45) is 7.97. The number of amides is 1. The summed E-state index contributed by atoms with van der Waals surface area (Å²) in [5, 5.41) is 3.09. The zero-order valence-electron chi connectivity index (χ0n) is 15.7. The first kappa shape index (κ1) is 20.3. The number of hydrogen-bond donors (Lipinski definition) is 1. The SMILES string of the molecule is C=CCNc1nc2ccccn2c(=O)c1C=C1SC(=S)N(CCCCC)C1=O. The molecule has 0 unspecified atom stereocenters. The molecular formula is C20H22N4O2S2. The summed E-state index contributed by atoms with van der Waals surface area (Å²) in [6, 6.07) is 5.35. The summed E-state index contributed by atoms with van der Waals surface area (Å²) in [4.78, 5) is 32.4. The van der Waals surface area contributed by atoms with Gasteiger partial charge in [0.1, 0.15) is 15.8 Å². The molecule has 1 saturated heterocycles. The number of nitrogens with zero attached hydrogens (tertiary/aromatic N) is 3. The highest BCUT2D eigenvalue weighted by Gasteiger charge is 2.32. The molecule has 0 aliphatic carbocycles. The van der Waals surface area contributed by atoms with Crippen molar-refractivity contribution in [1.29, 1.82) is 0 Å². The number of anilines is 1. The highest BCUT2D eigenvalue weighted by molar-refractivity contribution is 8.26. The highest BCUT2D eigenvalue weighted by atomic mass is 32.2. The van der Waals surface area contributed by atoms with Crippen LogP contribution in [0.2, 0.25) is 0 Å². The molecule has 0 radical (unpaired) electrons. The largest absolute Gasteiger partial charge is 0.366 e. The van der Waals surface area contributed by atoms with Crippen molar-refractivity contribution >= 4 is 51.7 Å². The molecule has 146 valence electrons. The maximum atomic E-state index is 13.0. The van der Waals surface area contributed by atoms with Gasteiger partial charge in [-0.05, 0) is 24.6 Å². The Hall–Kier alpha value is -2.45. The van der Waals surface area contributed by atoms with Gasteiger partial charge >= 0.3 is 0 Å². The highest BCUT2D eigenvalue weighted by Crippen LogP contribution is 2.33. The third-order valence-corrected chi connectivity index (χ3v) is 5.69. The number of aromatic nitrogens is 2. The average molecular weight is 415 g/mol. The van der Waals surface area contributed by atoms with Gasteiger partial charge in [-0.25, -0.2) is 4.98 Å². The second kappa shape index (κ2) is 9.16. The number of unbranched alkanes of at least 4 members (excludes halogenated alkanes) is 2. The van der Waals surface area contributed by atoms with E-state index in [1.165, 1.54) is 16.2 Å². The molecule has 2 aromatic heterocycles. The Labute approximate surface area is 173 Å². The number of fused-ring (bicyclic) bond motifs is 1. The smallest absolute Gasteiger partial charge is 0.267 e. The normalized spacial score (nSPS) is 15.6. The molecule has 1 aliphatic heterocycles. The summed E-state index contributed by atoms with van der Waals surface area (Å²) in [7, 11) is 0. The van der Waals surface area contributed by atoms with E-state index in [9.17, 15) is 9.59 Å². The Kier molecular flexibility index (Phi) is 6.64. The molecule has 1 aliphatic rings. The second-order valence-electron chi connectivity index (χ2n) is 6.32. The molecule has 28 heavy (non-hydrogen) atoms. The second-order valence-corrected chi connectivity index (χ2v) is 7.99. The average Bonchev–Trinajstić information content (AvgIpc) is 2.96. The lowest BCUT2D eigenvalue weighted by Gasteiger charge is -2.13. The molecule has 0 aromatic carbocycles. The molecular weight excluding hydrogens is 392 g/mol. The van der Waals surface area contributed by atoms with E-state index < -0.39 is 0 Å². The van der Waals surface area contributed by atoms with Crippen molar-refractivity contribution in [2.24, 2.45) is 0 Å². The Balaban J connectivity index is 2.01. The molecule has 1 fully saturated rings. The number of hydrogen-bond acceptors (Lipinski definition) is 6. The van der Waals surface area contributed by atoms with Crippen molar-refractivity contribution in [2.45, 2.75) is 26.2 Å². The maximum Gasteiger partial charge on any atom is 0.267 e. The van der Waals surface area contributed by atoms with Crippen LogP contribution >= 0.6 is 24.0 Å². The van der Waals surface area contributed by atoms with Gasteiger partial charge in [0.2, 0.25) is 0 Å². The fraction of sp³-hybridized carbons (Fsp3) is 0.300. The van der Waals surface area contributed by atoms with E-state index in [1.807, 2.05) is 6.07 Å². The Bertz CT molecular complexity index is 1010. The Morgan fingerprint density at radius 2 is 2.14 bits per heavy atom. The summed E-state index contributed by atoms with van der Waals surface area (Å²) in [6.45, 7) is 6.86. The predicted molar refractivity (Wildman–Crippen MR) is 120 cm³/mol. The van der Waals surface area contributed by atoms with Crippen molar-refractivity contribution < 1.29 is 4.79 Å². The van der Waals surface area contributed by atoms with E-state index in [0.717, 1.165) is 19.3 Å². The minimum absolute atomic E-state index is 0.154. The number of carbonyl (C=O) groups excluding carboxylic acids is 1. The summed E-state index contributed by atoms with van der Waals surface area (Å²) < 4.78 is 1.99. The first-order valence-corrected chi connectivity index (χ1v) is 10.4. The molecule has 1 amide bonds. The van der Waals surface area contributed by atoms with Crippen LogP contribution in [0.5, 0.6) is 0 Å². The molecule has 2 aromatic rings. The predicted octanol–water partition coefficient (Wildman–Crippen LogP) is 3.68. The van der Waals surface area contributed by atoms with E-state index in [-0.39, 0.29) is 11.5 Å². The van der Waals surface area contributed by atoms with Crippen LogP contribution < -0.4 is 10.9 Å². The van der Waals surface area contributed by atoms with Crippen LogP contribution in [0.15, 0.2) is 46.8 Å². The number of thioether (sulfide) groups is 1. The van der Waals surface area contributed by atoms with E-state index >= 15 is 0 Å². The van der Waals surface area contributed by atoms with E-state index in [4.69, 9.17) is 12.2 Å². The van der Waals surface area contributed by atoms with Gasteiger partial charge < -0.3 is 5.32 Å². The molecule has 0 bridgehead atoms. The zero-order chi connectivity index (χ0) is 20.1. The van der Waals surface area contributed by atoms with Crippen molar-refractivity contribution in [3.63, 3.8) is 0 Å². The van der Waals surface area contributed by atoms with Gasteiger partial charge in [0.05, 0.1) is 10.5 Å². The first-order valence-electron chi connectivity index (χ1n) is 9.18. The number of nitrogens with one attached hydrogen (secondary N) is 1. The number of rotatable bonds is 8. The maximum absolute atomic E-state index is 13.0. The van der Waals surface area contributed by atoms with Crippen LogP contribution in [-0.2, 0) is 4.79 Å². The quantitative estimate of drug-likeness (QED) is 0.308. The van der Waals surface area contributed by atoms with Crippen molar-refractivity contribution in [3.8, 4) is 0 Å². The summed E-state index contributed by atoms with van der Waals surface area (Å²) in [5.41, 5.74) is 0.622. The van der Waals surface area contributed by atoms with Crippen LogP contribution in [0.25, 0.3) is 11.7 Å². The minimum atomic E-state index is -0.242. The summed E-state index contributed by atoms with van der Waals surface area (Å²) >= 11 is 6.60. The lowest BCUT2D eigenvalue weighted by atomic mass is 10.2. The molecule has 1 N–H and O–H groups in total. The van der Waals surface area contributed by atoms with E-state index in [1.54, 1.807) is 35.4 Å². The molecule has 0 saturated carbocycles. The summed E-state index contributed by atoms with van der Waals surface area (Å²) in [5.74, 6) is 0.269. The monoisotopic (exact) mass is 414 g/mol. The fourth-order valence-corrected chi connectivity index (χ4v) is 4.17. The van der Waals surface area contributed by atoms with Gasteiger partial charge in [-0.15, -0.1) is 6.58 Å². The number of pyridine rings is 1. The molecule has 0 spiro atoms. The fourth-order valence-electron chi connectivity index (χ4n) is 2.88. The van der Waals surface area contributed by atoms with Crippen LogP contribution in [0.1, 0.15) is 31.7 Å². The van der Waals surface area contributed by atoms with Gasteiger partial charge in [-0.1, -0.05) is 55.9 Å². The van der Waals surface area contributed by atoms with Crippen LogP contribution in [0, 0.1) is 0 Å². The topological polar surface area (TPSA) is 66.7 Å². The van der Waals surface area contributed by atoms with E-state index in [2.05, 4.69) is 23.8 Å². The van der Waals surface area contributed by atoms with Gasteiger partial charge in [-0.3, -0.25) is 18.9 Å². The molecule has 3 rings (SSSR count). The number of carbonyl (C=O) groups is 1. The first-order chi connectivity index (χ1) is 13.6. The Morgan fingerprint density at radius 3 is 2.89 bits per heavy atom.